The van der Waals surface area contributed by atoms with Gasteiger partial charge in [0.1, 0.15) is 0 Å². The first-order valence-corrected chi connectivity index (χ1v) is 10.8. The molecule has 2 aromatic carbocycles. The van der Waals surface area contributed by atoms with Crippen LogP contribution in [0, 0.1) is 6.92 Å². The van der Waals surface area contributed by atoms with Crippen molar-refractivity contribution in [1.29, 1.82) is 0 Å². The third-order valence-corrected chi connectivity index (χ3v) is 5.79. The number of benzene rings is 2. The molecule has 0 radical (unpaired) electrons. The molecule has 1 fully saturated rings. The quantitative estimate of drug-likeness (QED) is 0.633. The number of nitrogens with zero attached hydrogens (tertiary/aromatic N) is 2. The van der Waals surface area contributed by atoms with Crippen LogP contribution >= 0.6 is 11.6 Å². The molecule has 0 spiro atoms. The first-order chi connectivity index (χ1) is 15.0. The van der Waals surface area contributed by atoms with E-state index in [1.54, 1.807) is 6.07 Å². The maximum atomic E-state index is 12.9. The van der Waals surface area contributed by atoms with Crippen molar-refractivity contribution < 1.29 is 9.59 Å². The van der Waals surface area contributed by atoms with Crippen molar-refractivity contribution in [1.82, 2.24) is 15.2 Å². The van der Waals surface area contributed by atoms with E-state index in [0.717, 1.165) is 42.5 Å². The van der Waals surface area contributed by atoms with Crippen LogP contribution < -0.4 is 10.6 Å². The summed E-state index contributed by atoms with van der Waals surface area (Å²) in [6, 6.07) is 16.8. The van der Waals surface area contributed by atoms with Crippen LogP contribution in [-0.4, -0.2) is 47.4 Å². The average Bonchev–Trinajstić information content (AvgIpc) is 2.75. The van der Waals surface area contributed by atoms with Crippen molar-refractivity contribution in [3.05, 3.63) is 70.9 Å². The minimum atomic E-state index is -0.118. The number of aryl methyl sites for hydroxylation is 1. The van der Waals surface area contributed by atoms with Crippen molar-refractivity contribution in [2.45, 2.75) is 25.8 Å². The maximum Gasteiger partial charge on any atom is 0.253 e. The number of anilines is 1. The lowest BCUT2D eigenvalue weighted by atomic mass is 10.0. The van der Waals surface area contributed by atoms with Gasteiger partial charge in [-0.2, -0.15) is 0 Å². The second-order valence-electron chi connectivity index (χ2n) is 7.90. The number of rotatable bonds is 5. The highest BCUT2D eigenvalue weighted by molar-refractivity contribution is 6.31. The predicted molar refractivity (Wildman–Crippen MR) is 123 cm³/mol. The van der Waals surface area contributed by atoms with Crippen LogP contribution in [0.2, 0.25) is 5.02 Å². The minimum Gasteiger partial charge on any atom is -0.349 e. The molecule has 1 aliphatic rings. The summed E-state index contributed by atoms with van der Waals surface area (Å²) in [7, 11) is 0. The number of aromatic nitrogens is 1. The fourth-order valence-electron chi connectivity index (χ4n) is 3.90. The Bertz CT molecular complexity index is 1100. The second-order valence-corrected chi connectivity index (χ2v) is 8.33. The smallest absolute Gasteiger partial charge is 0.253 e. The molecule has 2 heterocycles. The molecule has 0 aliphatic carbocycles. The molecule has 0 bridgehead atoms. The first-order valence-electron chi connectivity index (χ1n) is 10.4. The van der Waals surface area contributed by atoms with Gasteiger partial charge in [0.05, 0.1) is 23.3 Å². The molecule has 2 N–H and O–H groups in total. The summed E-state index contributed by atoms with van der Waals surface area (Å²) in [6.45, 7) is 3.72. The molecule has 31 heavy (non-hydrogen) atoms. The summed E-state index contributed by atoms with van der Waals surface area (Å²) in [5.41, 5.74) is 2.89. The fourth-order valence-corrected chi connectivity index (χ4v) is 4.08. The molecule has 3 aromatic rings. The fraction of sp³-hybridized carbons (Fsp3) is 0.292. The third kappa shape index (κ3) is 5.40. The molecule has 1 aromatic heterocycles. The summed E-state index contributed by atoms with van der Waals surface area (Å²) in [5, 5.41) is 7.51. The van der Waals surface area contributed by atoms with E-state index in [9.17, 15) is 9.59 Å². The molecule has 0 saturated carbocycles. The van der Waals surface area contributed by atoms with Gasteiger partial charge in [-0.1, -0.05) is 29.8 Å². The van der Waals surface area contributed by atoms with E-state index < -0.39 is 0 Å². The summed E-state index contributed by atoms with van der Waals surface area (Å²) < 4.78 is 0. The molecule has 6 nitrogen and oxygen atoms in total. The maximum absolute atomic E-state index is 12.9. The van der Waals surface area contributed by atoms with E-state index in [1.165, 1.54) is 0 Å². The number of para-hydroxylation sites is 1. The number of piperidine rings is 1. The van der Waals surface area contributed by atoms with Crippen LogP contribution in [0.1, 0.15) is 28.9 Å². The molecular weight excluding hydrogens is 412 g/mol. The van der Waals surface area contributed by atoms with Crippen molar-refractivity contribution in [3.8, 4) is 0 Å². The van der Waals surface area contributed by atoms with E-state index in [0.29, 0.717) is 22.8 Å². The molecule has 2 amide bonds. The number of carbonyl (C=O) groups excluding carboxylic acids is 2. The van der Waals surface area contributed by atoms with Crippen LogP contribution in [0.3, 0.4) is 0 Å². The Balaban J connectivity index is 1.30. The van der Waals surface area contributed by atoms with Gasteiger partial charge in [0, 0.05) is 35.2 Å². The topological polar surface area (TPSA) is 74.3 Å². The number of carbonyl (C=O) groups is 2. The Morgan fingerprint density at radius 2 is 1.84 bits per heavy atom. The molecule has 4 rings (SSSR count). The van der Waals surface area contributed by atoms with E-state index in [4.69, 9.17) is 11.6 Å². The Morgan fingerprint density at radius 3 is 2.58 bits per heavy atom. The zero-order chi connectivity index (χ0) is 21.8. The van der Waals surface area contributed by atoms with E-state index >= 15 is 0 Å². The summed E-state index contributed by atoms with van der Waals surface area (Å²) in [5.74, 6) is -0.141. The Morgan fingerprint density at radius 1 is 1.10 bits per heavy atom. The SMILES string of the molecule is Cc1nc2ccc(Cl)cc2cc1C(=O)NC1CCN(CC(=O)Nc2ccccc2)CC1. The Hall–Kier alpha value is -2.96. The monoisotopic (exact) mass is 436 g/mol. The summed E-state index contributed by atoms with van der Waals surface area (Å²) >= 11 is 6.08. The largest absolute Gasteiger partial charge is 0.349 e. The van der Waals surface area contributed by atoms with Gasteiger partial charge in [-0.25, -0.2) is 0 Å². The highest BCUT2D eigenvalue weighted by Gasteiger charge is 2.23. The number of nitrogens with one attached hydrogen (secondary N) is 2. The van der Waals surface area contributed by atoms with Gasteiger partial charge < -0.3 is 10.6 Å². The van der Waals surface area contributed by atoms with Gasteiger partial charge in [0.25, 0.3) is 5.91 Å². The number of halogens is 1. The van der Waals surface area contributed by atoms with Crippen molar-refractivity contribution in [2.24, 2.45) is 0 Å². The van der Waals surface area contributed by atoms with Crippen LogP contribution in [-0.2, 0) is 4.79 Å². The summed E-state index contributed by atoms with van der Waals surface area (Å²) in [4.78, 5) is 31.8. The average molecular weight is 437 g/mol. The standard InChI is InChI=1S/C24H25ClN4O2/c1-16-21(14-17-13-18(25)7-8-22(17)26-16)24(31)28-20-9-11-29(12-10-20)15-23(30)27-19-5-3-2-4-6-19/h2-8,13-14,20H,9-12,15H2,1H3,(H,27,30)(H,28,31). The number of likely N-dealkylation sites (tertiary alicyclic amines) is 1. The van der Waals surface area contributed by atoms with Gasteiger partial charge in [0.2, 0.25) is 5.91 Å². The third-order valence-electron chi connectivity index (χ3n) is 5.56. The normalized spacial score (nSPS) is 15.0. The lowest BCUT2D eigenvalue weighted by Crippen LogP contribution is -2.46. The predicted octanol–water partition coefficient (Wildman–Crippen LogP) is 4.03. The molecule has 1 aliphatic heterocycles. The number of hydrogen-bond donors (Lipinski definition) is 2. The molecule has 0 atom stereocenters. The molecule has 0 unspecified atom stereocenters. The van der Waals surface area contributed by atoms with Gasteiger partial charge in [-0.05, 0) is 56.2 Å². The number of amides is 2. The number of hydrogen-bond acceptors (Lipinski definition) is 4. The van der Waals surface area contributed by atoms with E-state index in [-0.39, 0.29) is 17.9 Å². The van der Waals surface area contributed by atoms with Crippen LogP contribution in [0.15, 0.2) is 54.6 Å². The Kier molecular flexibility index (Phi) is 6.49. The van der Waals surface area contributed by atoms with Gasteiger partial charge >= 0.3 is 0 Å². The zero-order valence-electron chi connectivity index (χ0n) is 17.4. The molecular formula is C24H25ClN4O2. The first kappa shape index (κ1) is 21.3. The second kappa shape index (κ2) is 9.45. The lowest BCUT2D eigenvalue weighted by molar-refractivity contribution is -0.117. The van der Waals surface area contributed by atoms with E-state index in [2.05, 4.69) is 20.5 Å². The van der Waals surface area contributed by atoms with Gasteiger partial charge in [-0.15, -0.1) is 0 Å². The number of pyridine rings is 1. The van der Waals surface area contributed by atoms with Gasteiger partial charge in [-0.3, -0.25) is 19.5 Å². The summed E-state index contributed by atoms with van der Waals surface area (Å²) in [6.07, 6.45) is 1.60. The van der Waals surface area contributed by atoms with Crippen LogP contribution in [0.4, 0.5) is 5.69 Å². The lowest BCUT2D eigenvalue weighted by Gasteiger charge is -2.32. The molecule has 1 saturated heterocycles. The van der Waals surface area contributed by atoms with Crippen LogP contribution in [0.5, 0.6) is 0 Å². The number of fused-ring (bicyclic) bond motifs is 1. The van der Waals surface area contributed by atoms with Crippen molar-refractivity contribution in [2.75, 3.05) is 25.0 Å². The molecule has 160 valence electrons. The van der Waals surface area contributed by atoms with Crippen molar-refractivity contribution >= 4 is 40.0 Å². The van der Waals surface area contributed by atoms with Crippen LogP contribution in [0.25, 0.3) is 10.9 Å². The van der Waals surface area contributed by atoms with Crippen molar-refractivity contribution in [3.63, 3.8) is 0 Å². The Labute approximate surface area is 186 Å². The van der Waals surface area contributed by atoms with Gasteiger partial charge in [0.15, 0.2) is 0 Å². The molecule has 7 heteroatoms. The highest BCUT2D eigenvalue weighted by atomic mass is 35.5. The highest BCUT2D eigenvalue weighted by Crippen LogP contribution is 2.21. The van der Waals surface area contributed by atoms with E-state index in [1.807, 2.05) is 55.5 Å². The zero-order valence-corrected chi connectivity index (χ0v) is 18.2. The minimum absolute atomic E-state index is 0.0230.